The Morgan fingerprint density at radius 2 is 1.68 bits per heavy atom. The molecule has 1 unspecified atom stereocenters. The molecule has 3 aliphatic rings. The highest BCUT2D eigenvalue weighted by molar-refractivity contribution is 5.94. The van der Waals surface area contributed by atoms with Crippen LogP contribution in [0.25, 0.3) is 11.1 Å². The van der Waals surface area contributed by atoms with E-state index in [1.54, 1.807) is 6.20 Å². The zero-order chi connectivity index (χ0) is 25.4. The van der Waals surface area contributed by atoms with E-state index in [0.29, 0.717) is 29.7 Å². The Morgan fingerprint density at radius 3 is 2.43 bits per heavy atom. The van der Waals surface area contributed by atoms with Crippen molar-refractivity contribution >= 4 is 17.4 Å². The van der Waals surface area contributed by atoms with E-state index in [1.165, 1.54) is 32.0 Å². The Labute approximate surface area is 215 Å². The Hall–Kier alpha value is -3.52. The predicted molar refractivity (Wildman–Crippen MR) is 139 cm³/mol. The molecule has 191 valence electrons. The molecular formula is C29H30F2N5O. The number of carbonyl (C=O) groups is 1. The molecule has 1 atom stereocenters. The molecule has 0 bridgehead atoms. The molecule has 2 fully saturated rings. The molecule has 2 saturated heterocycles. The first kappa shape index (κ1) is 23.9. The number of fused-ring (bicyclic) bond motifs is 1. The standard InChI is InChI=1S/C29H30F2N5O/c30-22-7-8-25(31)24(16-22)27-18-33-28-26(34-27)15-21(17-32-28)19-3-5-20(6-4-19)29(37)36-13-9-23(10-14-36)35-11-1-2-12-35/h3-8,15-17,23,27H,1-2,9-14,18H2,(H,32,33). The van der Waals surface area contributed by atoms with E-state index in [-0.39, 0.29) is 11.5 Å². The van der Waals surface area contributed by atoms with Gasteiger partial charge in [0.25, 0.3) is 5.91 Å². The lowest BCUT2D eigenvalue weighted by atomic mass is 10.0. The first-order valence-corrected chi connectivity index (χ1v) is 13.1. The second kappa shape index (κ2) is 10.1. The maximum Gasteiger partial charge on any atom is 0.253 e. The van der Waals surface area contributed by atoms with Crippen LogP contribution in [0.4, 0.5) is 20.3 Å². The number of aromatic nitrogens is 1. The first-order valence-electron chi connectivity index (χ1n) is 13.1. The fraction of sp³-hybridized carbons (Fsp3) is 0.379. The van der Waals surface area contributed by atoms with Gasteiger partial charge in [-0.25, -0.2) is 13.8 Å². The smallest absolute Gasteiger partial charge is 0.253 e. The SMILES string of the molecule is O=C(c1ccc(-c2cnc3c(c2)[N]C(c2cc(F)ccc2F)CN3)cc1)N1CCC(N2CCCC2)CC1. The molecule has 1 amide bonds. The minimum atomic E-state index is -0.546. The molecule has 1 N–H and O–H groups in total. The highest BCUT2D eigenvalue weighted by atomic mass is 19.1. The molecule has 6 rings (SSSR count). The van der Waals surface area contributed by atoms with Crippen LogP contribution in [-0.2, 0) is 0 Å². The van der Waals surface area contributed by atoms with Gasteiger partial charge in [0.05, 0.1) is 6.04 Å². The maximum atomic E-state index is 14.3. The largest absolute Gasteiger partial charge is 0.366 e. The van der Waals surface area contributed by atoms with Gasteiger partial charge in [-0.2, -0.15) is 0 Å². The zero-order valence-corrected chi connectivity index (χ0v) is 20.7. The average molecular weight is 503 g/mol. The number of carbonyl (C=O) groups excluding carboxylic acids is 1. The van der Waals surface area contributed by atoms with Crippen LogP contribution in [0, 0.1) is 11.6 Å². The number of nitrogens with one attached hydrogen (secondary N) is 1. The van der Waals surface area contributed by atoms with Crippen molar-refractivity contribution in [1.29, 1.82) is 0 Å². The Balaban J connectivity index is 1.13. The Bertz CT molecular complexity index is 1280. The monoisotopic (exact) mass is 502 g/mol. The van der Waals surface area contributed by atoms with E-state index in [4.69, 9.17) is 0 Å². The Morgan fingerprint density at radius 1 is 0.919 bits per heavy atom. The molecular weight excluding hydrogens is 472 g/mol. The van der Waals surface area contributed by atoms with Crippen molar-refractivity contribution in [2.75, 3.05) is 38.0 Å². The van der Waals surface area contributed by atoms with Crippen LogP contribution in [0.5, 0.6) is 0 Å². The van der Waals surface area contributed by atoms with Gasteiger partial charge in [-0.3, -0.25) is 10.1 Å². The summed E-state index contributed by atoms with van der Waals surface area (Å²) in [5.41, 5.74) is 3.25. The maximum absolute atomic E-state index is 14.3. The lowest BCUT2D eigenvalue weighted by molar-refractivity contribution is 0.0644. The molecule has 0 spiro atoms. The minimum absolute atomic E-state index is 0.0779. The lowest BCUT2D eigenvalue weighted by Gasteiger charge is -2.36. The van der Waals surface area contributed by atoms with E-state index in [2.05, 4.69) is 20.5 Å². The molecule has 1 radical (unpaired) electrons. The van der Waals surface area contributed by atoms with E-state index < -0.39 is 17.7 Å². The molecule has 37 heavy (non-hydrogen) atoms. The van der Waals surface area contributed by atoms with Crippen molar-refractivity contribution in [2.45, 2.75) is 37.8 Å². The topological polar surface area (TPSA) is 62.6 Å². The number of pyridine rings is 1. The summed E-state index contributed by atoms with van der Waals surface area (Å²) in [5.74, 6) is -0.282. The van der Waals surface area contributed by atoms with Crippen molar-refractivity contribution in [3.05, 3.63) is 77.5 Å². The summed E-state index contributed by atoms with van der Waals surface area (Å²) in [5, 5.41) is 7.82. The summed E-state index contributed by atoms with van der Waals surface area (Å²) in [6, 6.07) is 13.0. The van der Waals surface area contributed by atoms with E-state index in [1.807, 2.05) is 35.2 Å². The molecule has 8 heteroatoms. The highest BCUT2D eigenvalue weighted by Crippen LogP contribution is 2.34. The number of halogens is 2. The third-order valence-electron chi connectivity index (χ3n) is 7.82. The van der Waals surface area contributed by atoms with E-state index >= 15 is 0 Å². The fourth-order valence-corrected chi connectivity index (χ4v) is 5.73. The van der Waals surface area contributed by atoms with Gasteiger partial charge in [0, 0.05) is 48.6 Å². The van der Waals surface area contributed by atoms with Gasteiger partial charge in [0.2, 0.25) is 0 Å². The predicted octanol–water partition coefficient (Wildman–Crippen LogP) is 5.13. The summed E-state index contributed by atoms with van der Waals surface area (Å²) in [6.45, 7) is 4.34. The third kappa shape index (κ3) is 4.90. The van der Waals surface area contributed by atoms with Gasteiger partial charge in [-0.05, 0) is 80.7 Å². The molecule has 6 nitrogen and oxygen atoms in total. The summed E-state index contributed by atoms with van der Waals surface area (Å²) in [6.07, 6.45) is 6.43. The van der Waals surface area contributed by atoms with Gasteiger partial charge in [-0.15, -0.1) is 0 Å². The molecule has 3 aliphatic heterocycles. The van der Waals surface area contributed by atoms with Crippen LogP contribution in [0.15, 0.2) is 54.7 Å². The third-order valence-corrected chi connectivity index (χ3v) is 7.82. The molecule has 4 heterocycles. The second-order valence-corrected chi connectivity index (χ2v) is 10.1. The second-order valence-electron chi connectivity index (χ2n) is 10.1. The summed E-state index contributed by atoms with van der Waals surface area (Å²) >= 11 is 0. The summed E-state index contributed by atoms with van der Waals surface area (Å²) in [4.78, 5) is 22.1. The van der Waals surface area contributed by atoms with Gasteiger partial charge >= 0.3 is 0 Å². The van der Waals surface area contributed by atoms with Crippen LogP contribution >= 0.6 is 0 Å². The van der Waals surface area contributed by atoms with E-state index in [0.717, 1.165) is 49.2 Å². The number of hydrogen-bond acceptors (Lipinski definition) is 4. The average Bonchev–Trinajstić information content (AvgIpc) is 3.49. The van der Waals surface area contributed by atoms with Gasteiger partial charge in [-0.1, -0.05) is 12.1 Å². The van der Waals surface area contributed by atoms with Crippen LogP contribution in [-0.4, -0.2) is 59.5 Å². The number of likely N-dealkylation sites (tertiary alicyclic amines) is 2. The number of benzene rings is 2. The van der Waals surface area contributed by atoms with Crippen LogP contribution in [0.2, 0.25) is 0 Å². The molecule has 0 saturated carbocycles. The highest BCUT2D eigenvalue weighted by Gasteiger charge is 2.29. The van der Waals surface area contributed by atoms with Crippen LogP contribution < -0.4 is 10.6 Å². The quantitative estimate of drug-likeness (QED) is 0.537. The molecule has 2 aromatic carbocycles. The number of piperidine rings is 1. The molecule has 0 aliphatic carbocycles. The van der Waals surface area contributed by atoms with Crippen molar-refractivity contribution in [3.8, 4) is 11.1 Å². The van der Waals surface area contributed by atoms with Gasteiger partial charge in [0.15, 0.2) is 5.82 Å². The van der Waals surface area contributed by atoms with Gasteiger partial charge < -0.3 is 15.1 Å². The minimum Gasteiger partial charge on any atom is -0.366 e. The van der Waals surface area contributed by atoms with Crippen molar-refractivity contribution in [2.24, 2.45) is 0 Å². The number of anilines is 1. The number of rotatable bonds is 4. The normalized spacial score (nSPS) is 20.3. The number of nitrogens with zero attached hydrogens (tertiary/aromatic N) is 4. The van der Waals surface area contributed by atoms with Crippen LogP contribution in [0.3, 0.4) is 0 Å². The van der Waals surface area contributed by atoms with Crippen molar-refractivity contribution in [1.82, 2.24) is 20.1 Å². The zero-order valence-electron chi connectivity index (χ0n) is 20.7. The van der Waals surface area contributed by atoms with E-state index in [9.17, 15) is 13.6 Å². The summed E-state index contributed by atoms with van der Waals surface area (Å²) in [7, 11) is 0. The number of hydrogen-bond donors (Lipinski definition) is 1. The fourth-order valence-electron chi connectivity index (χ4n) is 5.73. The summed E-state index contributed by atoms with van der Waals surface area (Å²) < 4.78 is 28.0. The molecule has 3 aromatic rings. The van der Waals surface area contributed by atoms with Crippen molar-refractivity contribution in [3.63, 3.8) is 0 Å². The first-order chi connectivity index (χ1) is 18.0. The van der Waals surface area contributed by atoms with Gasteiger partial charge in [0.1, 0.15) is 17.3 Å². The van der Waals surface area contributed by atoms with Crippen LogP contribution in [0.1, 0.15) is 47.6 Å². The van der Waals surface area contributed by atoms with Crippen molar-refractivity contribution < 1.29 is 13.6 Å². The Kier molecular flexibility index (Phi) is 6.50. The lowest BCUT2D eigenvalue weighted by Crippen LogP contribution is -2.45. The number of amides is 1. The molecule has 1 aromatic heterocycles.